The fourth-order valence-electron chi connectivity index (χ4n) is 1.61. The standard InChI is InChI=1S/C13H14N4O3/c1-2-20-13(19)8-4-3-5-9(6-8)16-12(18)10-7-15-17-11(10)14/h3-7H,2H2,1H3,(H,16,18)(H3,14,15,17). The molecule has 2 rings (SSSR count). The quantitative estimate of drug-likeness (QED) is 0.730. The van der Waals surface area contributed by atoms with E-state index in [1.165, 1.54) is 12.3 Å². The number of nitrogens with two attached hydrogens (primary N) is 1. The second-order valence-electron chi connectivity index (χ2n) is 3.95. The highest BCUT2D eigenvalue weighted by molar-refractivity contribution is 6.07. The molecule has 0 spiro atoms. The zero-order chi connectivity index (χ0) is 14.5. The average molecular weight is 274 g/mol. The first-order valence-corrected chi connectivity index (χ1v) is 5.99. The van der Waals surface area contributed by atoms with E-state index in [1.807, 2.05) is 0 Å². The zero-order valence-electron chi connectivity index (χ0n) is 10.8. The Kier molecular flexibility index (Phi) is 3.99. The van der Waals surface area contributed by atoms with Gasteiger partial charge in [0.2, 0.25) is 0 Å². The number of amides is 1. The van der Waals surface area contributed by atoms with Gasteiger partial charge in [-0.1, -0.05) is 6.07 Å². The van der Waals surface area contributed by atoms with Crippen LogP contribution in [0.15, 0.2) is 30.5 Å². The average Bonchev–Trinajstić information content (AvgIpc) is 2.85. The summed E-state index contributed by atoms with van der Waals surface area (Å²) in [5.74, 6) is -0.660. The molecule has 7 heteroatoms. The highest BCUT2D eigenvalue weighted by Crippen LogP contribution is 2.14. The molecule has 2 aromatic rings. The van der Waals surface area contributed by atoms with Gasteiger partial charge in [-0.3, -0.25) is 9.89 Å². The van der Waals surface area contributed by atoms with Gasteiger partial charge in [-0.05, 0) is 25.1 Å². The highest BCUT2D eigenvalue weighted by Gasteiger charge is 2.13. The van der Waals surface area contributed by atoms with Crippen LogP contribution in [-0.4, -0.2) is 28.7 Å². The molecule has 0 atom stereocenters. The molecule has 0 aliphatic heterocycles. The van der Waals surface area contributed by atoms with E-state index in [9.17, 15) is 9.59 Å². The number of anilines is 2. The van der Waals surface area contributed by atoms with Crippen molar-refractivity contribution in [3.63, 3.8) is 0 Å². The number of aromatic amines is 1. The Morgan fingerprint density at radius 1 is 1.45 bits per heavy atom. The van der Waals surface area contributed by atoms with Gasteiger partial charge < -0.3 is 15.8 Å². The first-order chi connectivity index (χ1) is 9.61. The van der Waals surface area contributed by atoms with Crippen LogP contribution < -0.4 is 11.1 Å². The smallest absolute Gasteiger partial charge is 0.338 e. The molecule has 0 fully saturated rings. The molecule has 1 amide bonds. The summed E-state index contributed by atoms with van der Waals surface area (Å²) in [4.78, 5) is 23.5. The van der Waals surface area contributed by atoms with Crippen LogP contribution in [0.1, 0.15) is 27.6 Å². The van der Waals surface area contributed by atoms with Gasteiger partial charge in [-0.2, -0.15) is 5.10 Å². The third-order valence-electron chi connectivity index (χ3n) is 2.55. The maximum absolute atomic E-state index is 11.9. The van der Waals surface area contributed by atoms with E-state index in [4.69, 9.17) is 10.5 Å². The molecule has 0 aliphatic rings. The van der Waals surface area contributed by atoms with Crippen LogP contribution >= 0.6 is 0 Å². The van der Waals surface area contributed by atoms with E-state index < -0.39 is 11.9 Å². The molecule has 1 heterocycles. The number of hydrogen-bond donors (Lipinski definition) is 3. The van der Waals surface area contributed by atoms with Crippen molar-refractivity contribution in [1.29, 1.82) is 0 Å². The minimum Gasteiger partial charge on any atom is -0.462 e. The van der Waals surface area contributed by atoms with Crippen molar-refractivity contribution in [2.45, 2.75) is 6.92 Å². The zero-order valence-corrected chi connectivity index (χ0v) is 10.8. The number of carbonyl (C=O) groups is 2. The lowest BCUT2D eigenvalue weighted by molar-refractivity contribution is 0.0526. The van der Waals surface area contributed by atoms with Crippen LogP contribution in [0.4, 0.5) is 11.5 Å². The number of nitrogen functional groups attached to an aromatic ring is 1. The molecule has 104 valence electrons. The first kappa shape index (κ1) is 13.6. The number of rotatable bonds is 4. The number of aromatic nitrogens is 2. The maximum atomic E-state index is 11.9. The van der Waals surface area contributed by atoms with Crippen molar-refractivity contribution in [1.82, 2.24) is 10.2 Å². The number of H-pyrrole nitrogens is 1. The van der Waals surface area contributed by atoms with Crippen molar-refractivity contribution in [3.8, 4) is 0 Å². The number of nitrogens with zero attached hydrogens (tertiary/aromatic N) is 1. The van der Waals surface area contributed by atoms with Gasteiger partial charge >= 0.3 is 5.97 Å². The lowest BCUT2D eigenvalue weighted by Crippen LogP contribution is -2.13. The molecular formula is C13H14N4O3. The lowest BCUT2D eigenvalue weighted by atomic mass is 10.2. The third-order valence-corrected chi connectivity index (χ3v) is 2.55. The van der Waals surface area contributed by atoms with Gasteiger partial charge in [0.05, 0.1) is 18.4 Å². The normalized spacial score (nSPS) is 10.1. The molecule has 0 aliphatic carbocycles. The van der Waals surface area contributed by atoms with E-state index in [0.717, 1.165) is 0 Å². The van der Waals surface area contributed by atoms with Gasteiger partial charge in [-0.25, -0.2) is 4.79 Å². The fraction of sp³-hybridized carbons (Fsp3) is 0.154. The van der Waals surface area contributed by atoms with Crippen LogP contribution in [0.3, 0.4) is 0 Å². The van der Waals surface area contributed by atoms with Crippen LogP contribution in [0, 0.1) is 0 Å². The largest absolute Gasteiger partial charge is 0.462 e. The molecule has 0 radical (unpaired) electrons. The second kappa shape index (κ2) is 5.87. The summed E-state index contributed by atoms with van der Waals surface area (Å²) >= 11 is 0. The summed E-state index contributed by atoms with van der Waals surface area (Å²) in [7, 11) is 0. The van der Waals surface area contributed by atoms with Crippen LogP contribution in [0.2, 0.25) is 0 Å². The van der Waals surface area contributed by atoms with Gasteiger partial charge in [-0.15, -0.1) is 0 Å². The predicted octanol–water partition coefficient (Wildman–Crippen LogP) is 1.42. The molecule has 20 heavy (non-hydrogen) atoms. The minimum atomic E-state index is -0.438. The Hall–Kier alpha value is -2.83. The molecule has 4 N–H and O–H groups in total. The van der Waals surface area contributed by atoms with E-state index in [1.54, 1.807) is 25.1 Å². The Morgan fingerprint density at radius 3 is 2.90 bits per heavy atom. The molecule has 0 saturated carbocycles. The van der Waals surface area contributed by atoms with E-state index in [2.05, 4.69) is 15.5 Å². The first-order valence-electron chi connectivity index (χ1n) is 5.99. The SMILES string of the molecule is CCOC(=O)c1cccc(NC(=O)c2cn[nH]c2N)c1. The fourth-order valence-corrected chi connectivity index (χ4v) is 1.61. The van der Waals surface area contributed by atoms with Gasteiger partial charge in [0.25, 0.3) is 5.91 Å². The van der Waals surface area contributed by atoms with E-state index in [-0.39, 0.29) is 11.4 Å². The molecule has 0 unspecified atom stereocenters. The Balaban J connectivity index is 2.14. The number of ether oxygens (including phenoxy) is 1. The van der Waals surface area contributed by atoms with Crippen LogP contribution in [0.5, 0.6) is 0 Å². The second-order valence-corrected chi connectivity index (χ2v) is 3.95. The van der Waals surface area contributed by atoms with Crippen molar-refractivity contribution in [2.24, 2.45) is 0 Å². The lowest BCUT2D eigenvalue weighted by Gasteiger charge is -2.06. The van der Waals surface area contributed by atoms with Gasteiger partial charge in [0.1, 0.15) is 11.4 Å². The number of benzene rings is 1. The van der Waals surface area contributed by atoms with Crippen molar-refractivity contribution in [3.05, 3.63) is 41.6 Å². The summed E-state index contributed by atoms with van der Waals surface area (Å²) in [5, 5.41) is 8.78. The third kappa shape index (κ3) is 2.94. The maximum Gasteiger partial charge on any atom is 0.338 e. The molecule has 1 aromatic heterocycles. The predicted molar refractivity (Wildman–Crippen MR) is 73.4 cm³/mol. The summed E-state index contributed by atoms with van der Waals surface area (Å²) in [6, 6.07) is 6.46. The molecular weight excluding hydrogens is 260 g/mol. The summed E-state index contributed by atoms with van der Waals surface area (Å²) < 4.78 is 4.89. The summed E-state index contributed by atoms with van der Waals surface area (Å²) in [6.07, 6.45) is 1.33. The van der Waals surface area contributed by atoms with Crippen LogP contribution in [-0.2, 0) is 4.74 Å². The van der Waals surface area contributed by atoms with Crippen molar-refractivity contribution in [2.75, 3.05) is 17.7 Å². The topological polar surface area (TPSA) is 110 Å². The summed E-state index contributed by atoms with van der Waals surface area (Å²) in [6.45, 7) is 2.02. The number of carbonyl (C=O) groups excluding carboxylic acids is 2. The minimum absolute atomic E-state index is 0.184. The monoisotopic (exact) mass is 274 g/mol. The highest BCUT2D eigenvalue weighted by atomic mass is 16.5. The molecule has 0 saturated heterocycles. The molecule has 7 nitrogen and oxygen atoms in total. The van der Waals surface area contributed by atoms with Crippen molar-refractivity contribution < 1.29 is 14.3 Å². The van der Waals surface area contributed by atoms with E-state index in [0.29, 0.717) is 17.9 Å². The van der Waals surface area contributed by atoms with Crippen molar-refractivity contribution >= 4 is 23.4 Å². The molecule has 1 aromatic carbocycles. The number of hydrogen-bond acceptors (Lipinski definition) is 5. The Bertz CT molecular complexity index is 636. The van der Waals surface area contributed by atoms with Gasteiger partial charge in [0.15, 0.2) is 0 Å². The van der Waals surface area contributed by atoms with Crippen LogP contribution in [0.25, 0.3) is 0 Å². The number of nitrogens with one attached hydrogen (secondary N) is 2. The summed E-state index contributed by atoms with van der Waals surface area (Å²) in [5.41, 5.74) is 6.64. The Labute approximate surface area is 115 Å². The Morgan fingerprint density at radius 2 is 2.25 bits per heavy atom. The molecule has 0 bridgehead atoms. The van der Waals surface area contributed by atoms with Gasteiger partial charge in [0, 0.05) is 5.69 Å². The number of esters is 1. The van der Waals surface area contributed by atoms with E-state index >= 15 is 0 Å².